The van der Waals surface area contributed by atoms with Crippen LogP contribution in [-0.4, -0.2) is 11.9 Å². The zero-order valence-electron chi connectivity index (χ0n) is 11.6. The molecule has 114 valence electrons. The average Bonchev–Trinajstić information content (AvgIpc) is 3.08. The fourth-order valence-electron chi connectivity index (χ4n) is 3.29. The van der Waals surface area contributed by atoms with Gasteiger partial charge in [0.05, 0.1) is 5.56 Å². The van der Waals surface area contributed by atoms with E-state index in [1.807, 2.05) is 0 Å². The van der Waals surface area contributed by atoms with Gasteiger partial charge < -0.3 is 5.32 Å². The van der Waals surface area contributed by atoms with Crippen LogP contribution in [0.4, 0.5) is 13.2 Å². The Labute approximate surface area is 121 Å². The highest BCUT2D eigenvalue weighted by Gasteiger charge is 2.48. The molecule has 2 atom stereocenters. The molecule has 1 aromatic carbocycles. The average molecular weight is 297 g/mol. The van der Waals surface area contributed by atoms with Crippen molar-refractivity contribution in [3.8, 4) is 0 Å². The molecule has 21 heavy (non-hydrogen) atoms. The Morgan fingerprint density at radius 1 is 1.14 bits per heavy atom. The summed E-state index contributed by atoms with van der Waals surface area (Å²) >= 11 is 0. The van der Waals surface area contributed by atoms with Crippen LogP contribution in [-0.2, 0) is 11.0 Å². The molecular weight excluding hydrogens is 279 g/mol. The molecule has 2 fully saturated rings. The summed E-state index contributed by atoms with van der Waals surface area (Å²) in [5.41, 5.74) is -0.345. The number of hydrogen-bond donors (Lipinski definition) is 1. The third-order valence-electron chi connectivity index (χ3n) is 4.49. The standard InChI is InChI=1S/C16H18F3NO/c17-16(18,19)14-8-4-3-7-11(14)12-9-13(12)15(21)20-10-5-1-2-6-10/h3-4,7-8,10,12-13H,1-2,5-6,9H2,(H,20,21). The summed E-state index contributed by atoms with van der Waals surface area (Å²) in [5, 5.41) is 2.98. The minimum atomic E-state index is -4.36. The van der Waals surface area contributed by atoms with Gasteiger partial charge in [-0.15, -0.1) is 0 Å². The van der Waals surface area contributed by atoms with Crippen LogP contribution in [0.15, 0.2) is 24.3 Å². The van der Waals surface area contributed by atoms with Crippen molar-refractivity contribution in [3.63, 3.8) is 0 Å². The first kappa shape index (κ1) is 14.4. The van der Waals surface area contributed by atoms with E-state index in [-0.39, 0.29) is 29.3 Å². The molecule has 0 radical (unpaired) electrons. The summed E-state index contributed by atoms with van der Waals surface area (Å²) < 4.78 is 39.0. The number of nitrogens with one attached hydrogen (secondary N) is 1. The fourth-order valence-corrected chi connectivity index (χ4v) is 3.29. The van der Waals surface area contributed by atoms with Gasteiger partial charge in [0.15, 0.2) is 0 Å². The van der Waals surface area contributed by atoms with Gasteiger partial charge in [-0.05, 0) is 36.8 Å². The summed E-state index contributed by atoms with van der Waals surface area (Å²) in [4.78, 5) is 12.1. The van der Waals surface area contributed by atoms with Crippen LogP contribution in [0.5, 0.6) is 0 Å². The molecule has 2 nitrogen and oxygen atoms in total. The molecule has 0 bridgehead atoms. The molecule has 1 amide bonds. The van der Waals surface area contributed by atoms with E-state index in [0.717, 1.165) is 31.7 Å². The molecule has 5 heteroatoms. The van der Waals surface area contributed by atoms with E-state index in [4.69, 9.17) is 0 Å². The van der Waals surface area contributed by atoms with Crippen molar-refractivity contribution in [2.24, 2.45) is 5.92 Å². The lowest BCUT2D eigenvalue weighted by Crippen LogP contribution is -2.34. The minimum Gasteiger partial charge on any atom is -0.353 e. The van der Waals surface area contributed by atoms with E-state index in [2.05, 4.69) is 5.32 Å². The number of alkyl halides is 3. The second-order valence-corrected chi connectivity index (χ2v) is 6.02. The molecule has 0 aromatic heterocycles. The van der Waals surface area contributed by atoms with Crippen molar-refractivity contribution < 1.29 is 18.0 Å². The number of carbonyl (C=O) groups is 1. The van der Waals surface area contributed by atoms with E-state index in [9.17, 15) is 18.0 Å². The van der Waals surface area contributed by atoms with Gasteiger partial charge in [-0.1, -0.05) is 31.0 Å². The van der Waals surface area contributed by atoms with Crippen molar-refractivity contribution >= 4 is 5.91 Å². The quantitative estimate of drug-likeness (QED) is 0.901. The van der Waals surface area contributed by atoms with E-state index in [1.165, 1.54) is 12.1 Å². The lowest BCUT2D eigenvalue weighted by atomic mass is 10.0. The van der Waals surface area contributed by atoms with Crippen LogP contribution < -0.4 is 5.32 Å². The molecule has 2 unspecified atom stereocenters. The summed E-state index contributed by atoms with van der Waals surface area (Å²) in [5.74, 6) is -0.665. The fraction of sp³-hybridized carbons (Fsp3) is 0.562. The highest BCUT2D eigenvalue weighted by Crippen LogP contribution is 2.51. The number of rotatable bonds is 3. The molecule has 2 aliphatic carbocycles. The molecule has 0 aliphatic heterocycles. The summed E-state index contributed by atoms with van der Waals surface area (Å²) in [6, 6.07) is 5.81. The number of carbonyl (C=O) groups excluding carboxylic acids is 1. The SMILES string of the molecule is O=C(NC1CCCC1)C1CC1c1ccccc1C(F)(F)F. The van der Waals surface area contributed by atoms with Gasteiger partial charge in [0, 0.05) is 12.0 Å². The molecule has 1 aromatic rings. The zero-order valence-corrected chi connectivity index (χ0v) is 11.6. The summed E-state index contributed by atoms with van der Waals surface area (Å²) in [6.07, 6.45) is 0.383. The predicted molar refractivity (Wildman–Crippen MR) is 72.7 cm³/mol. The van der Waals surface area contributed by atoms with Crippen LogP contribution in [0.1, 0.15) is 49.1 Å². The monoisotopic (exact) mass is 297 g/mol. The van der Waals surface area contributed by atoms with Gasteiger partial charge >= 0.3 is 6.18 Å². The normalized spacial score (nSPS) is 25.9. The van der Waals surface area contributed by atoms with E-state index in [1.54, 1.807) is 6.07 Å². The van der Waals surface area contributed by atoms with Crippen molar-refractivity contribution in [3.05, 3.63) is 35.4 Å². The van der Waals surface area contributed by atoms with Crippen molar-refractivity contribution in [1.29, 1.82) is 0 Å². The van der Waals surface area contributed by atoms with Gasteiger partial charge in [-0.2, -0.15) is 13.2 Å². The van der Waals surface area contributed by atoms with Gasteiger partial charge in [0.25, 0.3) is 0 Å². The Bertz CT molecular complexity index is 535. The lowest BCUT2D eigenvalue weighted by molar-refractivity contribution is -0.138. The summed E-state index contributed by atoms with van der Waals surface area (Å²) in [6.45, 7) is 0. The predicted octanol–water partition coefficient (Wildman–Crippen LogP) is 3.87. The summed E-state index contributed by atoms with van der Waals surface area (Å²) in [7, 11) is 0. The third kappa shape index (κ3) is 3.06. The van der Waals surface area contributed by atoms with Crippen LogP contribution in [0, 0.1) is 5.92 Å². The van der Waals surface area contributed by atoms with Crippen LogP contribution in [0.25, 0.3) is 0 Å². The third-order valence-corrected chi connectivity index (χ3v) is 4.49. The number of halogens is 3. The molecule has 3 rings (SSSR count). The largest absolute Gasteiger partial charge is 0.416 e. The lowest BCUT2D eigenvalue weighted by Gasteiger charge is -2.14. The number of amides is 1. The molecule has 0 saturated heterocycles. The molecule has 2 saturated carbocycles. The molecule has 0 heterocycles. The molecule has 0 spiro atoms. The molecule has 2 aliphatic rings. The first-order chi connectivity index (χ1) is 9.97. The van der Waals surface area contributed by atoms with E-state index >= 15 is 0 Å². The molecule has 1 N–H and O–H groups in total. The highest BCUT2D eigenvalue weighted by atomic mass is 19.4. The Morgan fingerprint density at radius 3 is 2.48 bits per heavy atom. The van der Waals surface area contributed by atoms with Gasteiger partial charge in [-0.3, -0.25) is 4.79 Å². The topological polar surface area (TPSA) is 29.1 Å². The second-order valence-electron chi connectivity index (χ2n) is 6.02. The first-order valence-corrected chi connectivity index (χ1v) is 7.43. The van der Waals surface area contributed by atoms with Crippen molar-refractivity contribution in [1.82, 2.24) is 5.32 Å². The highest BCUT2D eigenvalue weighted by molar-refractivity contribution is 5.83. The Kier molecular flexibility index (Phi) is 3.68. The smallest absolute Gasteiger partial charge is 0.353 e. The Hall–Kier alpha value is -1.52. The Balaban J connectivity index is 1.69. The first-order valence-electron chi connectivity index (χ1n) is 7.43. The van der Waals surface area contributed by atoms with Crippen LogP contribution in [0.2, 0.25) is 0 Å². The zero-order chi connectivity index (χ0) is 15.0. The Morgan fingerprint density at radius 2 is 1.81 bits per heavy atom. The minimum absolute atomic E-state index is 0.0797. The van der Waals surface area contributed by atoms with E-state index < -0.39 is 11.7 Å². The van der Waals surface area contributed by atoms with Crippen LogP contribution in [0.3, 0.4) is 0 Å². The van der Waals surface area contributed by atoms with Gasteiger partial charge in [-0.25, -0.2) is 0 Å². The van der Waals surface area contributed by atoms with Gasteiger partial charge in [0.2, 0.25) is 5.91 Å². The van der Waals surface area contributed by atoms with Crippen molar-refractivity contribution in [2.45, 2.75) is 50.2 Å². The second kappa shape index (κ2) is 5.35. The van der Waals surface area contributed by atoms with Crippen LogP contribution >= 0.6 is 0 Å². The van der Waals surface area contributed by atoms with Gasteiger partial charge in [0.1, 0.15) is 0 Å². The number of hydrogen-bond acceptors (Lipinski definition) is 1. The molecular formula is C16H18F3NO. The number of benzene rings is 1. The van der Waals surface area contributed by atoms with Crippen molar-refractivity contribution in [2.75, 3.05) is 0 Å². The maximum absolute atomic E-state index is 13.0. The maximum atomic E-state index is 13.0. The van der Waals surface area contributed by atoms with E-state index in [0.29, 0.717) is 6.42 Å². The maximum Gasteiger partial charge on any atom is 0.416 e.